The van der Waals surface area contributed by atoms with Crippen LogP contribution in [0.1, 0.15) is 32.6 Å². The molecular weight excluding hydrogens is 326 g/mol. The van der Waals surface area contributed by atoms with E-state index in [9.17, 15) is 9.59 Å². The molecule has 0 fully saturated rings. The van der Waals surface area contributed by atoms with E-state index in [1.54, 1.807) is 19.3 Å². The predicted molar refractivity (Wildman–Crippen MR) is 95.9 cm³/mol. The molecule has 4 atom stereocenters. The zero-order chi connectivity index (χ0) is 19.4. The first-order valence-electron chi connectivity index (χ1n) is 8.28. The summed E-state index contributed by atoms with van der Waals surface area (Å²) in [6, 6.07) is -1.74. The molecule has 8 heteroatoms. The average Bonchev–Trinajstić information content (AvgIpc) is 2.57. The van der Waals surface area contributed by atoms with Crippen molar-refractivity contribution in [1.29, 1.82) is 0 Å². The van der Waals surface area contributed by atoms with E-state index in [2.05, 4.69) is 16.9 Å². The Balaban J connectivity index is 4.90. The van der Waals surface area contributed by atoms with E-state index in [0.29, 0.717) is 6.42 Å². The number of methoxy groups -OCH3 is 1. The second kappa shape index (κ2) is 12.6. The first-order valence-corrected chi connectivity index (χ1v) is 8.28. The third-order valence-corrected chi connectivity index (χ3v) is 4.03. The van der Waals surface area contributed by atoms with Crippen LogP contribution in [0.5, 0.6) is 0 Å². The van der Waals surface area contributed by atoms with E-state index >= 15 is 0 Å². The van der Waals surface area contributed by atoms with Crippen molar-refractivity contribution < 1.29 is 24.5 Å². The first kappa shape index (κ1) is 23.2. The summed E-state index contributed by atoms with van der Waals surface area (Å²) in [6.45, 7) is 5.74. The molecule has 25 heavy (non-hydrogen) atoms. The highest BCUT2D eigenvalue weighted by Crippen LogP contribution is 2.20. The van der Waals surface area contributed by atoms with Crippen LogP contribution in [0.3, 0.4) is 0 Å². The normalized spacial score (nSPS) is 16.3. The third kappa shape index (κ3) is 9.33. The van der Waals surface area contributed by atoms with Crippen molar-refractivity contribution in [1.82, 2.24) is 5.32 Å². The van der Waals surface area contributed by atoms with Crippen LogP contribution in [0.2, 0.25) is 0 Å². The van der Waals surface area contributed by atoms with Gasteiger partial charge in [0, 0.05) is 19.7 Å². The van der Waals surface area contributed by atoms with Gasteiger partial charge in [-0.25, -0.2) is 4.79 Å². The largest absolute Gasteiger partial charge is 0.467 e. The van der Waals surface area contributed by atoms with Gasteiger partial charge in [-0.05, 0) is 31.1 Å². The lowest BCUT2D eigenvalue weighted by atomic mass is 9.86. The van der Waals surface area contributed by atoms with E-state index in [0.717, 1.165) is 6.42 Å². The number of aliphatic hydroxyl groups is 2. The van der Waals surface area contributed by atoms with Crippen LogP contribution in [0.25, 0.3) is 0 Å². The Morgan fingerprint density at radius 2 is 2.04 bits per heavy atom. The fraction of sp³-hybridized carbons (Fsp3) is 0.706. The Hall–Kier alpha value is -1.77. The summed E-state index contributed by atoms with van der Waals surface area (Å²) in [5.74, 6) is -0.785. The van der Waals surface area contributed by atoms with Crippen LogP contribution in [-0.4, -0.2) is 60.8 Å². The number of hydrogen-bond donors (Lipinski definition) is 4. The van der Waals surface area contributed by atoms with Gasteiger partial charge in [-0.3, -0.25) is 4.79 Å². The minimum absolute atomic E-state index is 0.0268. The molecule has 1 amide bonds. The van der Waals surface area contributed by atoms with E-state index in [4.69, 9.17) is 20.7 Å². The zero-order valence-electron chi connectivity index (χ0n) is 15.2. The fourth-order valence-corrected chi connectivity index (χ4v) is 2.41. The molecule has 0 aliphatic heterocycles. The number of nitrogens with two attached hydrogens (primary N) is 1. The number of aliphatic imine (C=N–C) groups is 1. The van der Waals surface area contributed by atoms with Gasteiger partial charge in [0.05, 0.1) is 13.2 Å². The Morgan fingerprint density at radius 3 is 2.52 bits per heavy atom. The van der Waals surface area contributed by atoms with Crippen molar-refractivity contribution in [2.45, 2.75) is 51.0 Å². The molecule has 0 aliphatic rings. The Morgan fingerprint density at radius 1 is 1.40 bits per heavy atom. The maximum absolute atomic E-state index is 12.0. The number of carbonyl (C=O) groups is 2. The van der Waals surface area contributed by atoms with Crippen LogP contribution < -0.4 is 11.1 Å². The van der Waals surface area contributed by atoms with Gasteiger partial charge in [0.25, 0.3) is 0 Å². The second-order valence-electron chi connectivity index (χ2n) is 6.07. The van der Waals surface area contributed by atoms with Gasteiger partial charge in [0.2, 0.25) is 5.91 Å². The summed E-state index contributed by atoms with van der Waals surface area (Å²) in [7, 11) is 2.91. The average molecular weight is 357 g/mol. The van der Waals surface area contributed by atoms with Gasteiger partial charge in [-0.15, -0.1) is 6.58 Å². The molecular formula is C17H31N3O5. The van der Waals surface area contributed by atoms with Gasteiger partial charge < -0.3 is 31.0 Å². The lowest BCUT2D eigenvalue weighted by molar-refractivity contribution is -0.145. The number of allylic oxidation sites excluding steroid dienone is 1. The molecule has 0 radical (unpaired) electrons. The summed E-state index contributed by atoms with van der Waals surface area (Å²) >= 11 is 0. The Labute approximate surface area is 149 Å². The van der Waals surface area contributed by atoms with Crippen LogP contribution in [-0.2, 0) is 14.3 Å². The molecule has 0 heterocycles. The molecule has 0 aromatic rings. The number of aliphatic hydroxyl groups excluding tert-OH is 1. The van der Waals surface area contributed by atoms with Gasteiger partial charge >= 0.3 is 5.97 Å². The predicted octanol–water partition coefficient (Wildman–Crippen LogP) is -0.0185. The molecule has 0 aromatic heterocycles. The number of ether oxygens (including phenoxy) is 1. The number of esters is 1. The molecule has 0 spiro atoms. The van der Waals surface area contributed by atoms with E-state index in [1.165, 1.54) is 7.11 Å². The number of amides is 1. The standard InChI is InChI=1S/C17H31N3O5/c1-5-6-11(2)12(10-19-3)9-14(17(24)25-4)20-15(21)8-7-13(18)16(22)23/h5,10-14,16,22-23H,1,6-9,18H2,2-4H3,(H,20,21). The highest BCUT2D eigenvalue weighted by molar-refractivity contribution is 5.84. The van der Waals surface area contributed by atoms with E-state index < -0.39 is 30.3 Å². The molecule has 0 aliphatic carbocycles. The number of carbonyl (C=O) groups excluding carboxylic acids is 2. The number of nitrogens with one attached hydrogen (secondary N) is 1. The maximum atomic E-state index is 12.0. The number of rotatable bonds is 12. The first-order chi connectivity index (χ1) is 11.8. The minimum Gasteiger partial charge on any atom is -0.467 e. The lowest BCUT2D eigenvalue weighted by Gasteiger charge is -2.24. The molecule has 0 bridgehead atoms. The third-order valence-electron chi connectivity index (χ3n) is 4.03. The maximum Gasteiger partial charge on any atom is 0.328 e. The summed E-state index contributed by atoms with van der Waals surface area (Å²) in [6.07, 6.45) is 3.03. The Kier molecular flexibility index (Phi) is 11.7. The summed E-state index contributed by atoms with van der Waals surface area (Å²) in [5, 5.41) is 20.5. The highest BCUT2D eigenvalue weighted by Gasteiger charge is 2.27. The molecule has 144 valence electrons. The molecule has 0 saturated heterocycles. The SMILES string of the molecule is C=CCC(C)C(C=NC)CC(NC(=O)CCC(N)C(O)O)C(=O)OC. The van der Waals surface area contributed by atoms with Gasteiger partial charge in [-0.1, -0.05) is 13.0 Å². The van der Waals surface area contributed by atoms with Gasteiger partial charge in [-0.2, -0.15) is 0 Å². The molecule has 0 saturated carbocycles. The van der Waals surface area contributed by atoms with E-state index in [1.807, 2.05) is 6.92 Å². The van der Waals surface area contributed by atoms with Crippen LogP contribution in [0.15, 0.2) is 17.6 Å². The zero-order valence-corrected chi connectivity index (χ0v) is 15.2. The van der Waals surface area contributed by atoms with Crippen LogP contribution in [0, 0.1) is 11.8 Å². The second-order valence-corrected chi connectivity index (χ2v) is 6.07. The van der Waals surface area contributed by atoms with Crippen molar-refractivity contribution in [3.63, 3.8) is 0 Å². The number of hydrogen-bond acceptors (Lipinski definition) is 7. The van der Waals surface area contributed by atoms with Crippen molar-refractivity contribution in [2.75, 3.05) is 14.2 Å². The quantitative estimate of drug-likeness (QED) is 0.168. The molecule has 0 aromatic carbocycles. The monoisotopic (exact) mass is 357 g/mol. The van der Waals surface area contributed by atoms with Crippen molar-refractivity contribution in [3.05, 3.63) is 12.7 Å². The Bertz CT molecular complexity index is 454. The molecule has 4 unspecified atom stereocenters. The molecule has 0 rings (SSSR count). The lowest BCUT2D eigenvalue weighted by Crippen LogP contribution is -2.44. The summed E-state index contributed by atoms with van der Waals surface area (Å²) < 4.78 is 4.77. The smallest absolute Gasteiger partial charge is 0.328 e. The number of nitrogens with zero attached hydrogens (tertiary/aromatic N) is 1. The van der Waals surface area contributed by atoms with Crippen LogP contribution >= 0.6 is 0 Å². The van der Waals surface area contributed by atoms with Crippen molar-refractivity contribution >= 4 is 18.1 Å². The van der Waals surface area contributed by atoms with Crippen molar-refractivity contribution in [2.24, 2.45) is 22.6 Å². The topological polar surface area (TPSA) is 134 Å². The van der Waals surface area contributed by atoms with Crippen molar-refractivity contribution in [3.8, 4) is 0 Å². The molecule has 8 nitrogen and oxygen atoms in total. The highest BCUT2D eigenvalue weighted by atomic mass is 16.5. The molecule has 5 N–H and O–H groups in total. The van der Waals surface area contributed by atoms with Gasteiger partial charge in [0.1, 0.15) is 6.04 Å². The summed E-state index contributed by atoms with van der Waals surface area (Å²) in [5.41, 5.74) is 5.48. The van der Waals surface area contributed by atoms with Crippen LogP contribution in [0.4, 0.5) is 0 Å². The fourth-order valence-electron chi connectivity index (χ4n) is 2.41. The minimum atomic E-state index is -1.69. The summed E-state index contributed by atoms with van der Waals surface area (Å²) in [4.78, 5) is 28.1. The van der Waals surface area contributed by atoms with E-state index in [-0.39, 0.29) is 24.7 Å². The van der Waals surface area contributed by atoms with Gasteiger partial charge in [0.15, 0.2) is 6.29 Å².